The predicted octanol–water partition coefficient (Wildman–Crippen LogP) is 6.77. The van der Waals surface area contributed by atoms with Crippen LogP contribution in [-0.2, 0) is 15.6 Å². The van der Waals surface area contributed by atoms with Gasteiger partial charge in [0, 0.05) is 24.5 Å². The maximum atomic E-state index is 5.32. The Morgan fingerprint density at radius 2 is 1.04 bits per heavy atom. The first-order chi connectivity index (χ1) is 13.6. The van der Waals surface area contributed by atoms with Crippen molar-refractivity contribution in [3.05, 3.63) is 108 Å². The van der Waals surface area contributed by atoms with Crippen molar-refractivity contribution in [1.29, 1.82) is 0 Å². The van der Waals surface area contributed by atoms with E-state index in [0.29, 0.717) is 0 Å². The monoisotopic (exact) mass is 372 g/mol. The molecule has 0 aromatic heterocycles. The minimum Gasteiger partial charge on any atom is -0.385 e. The van der Waals surface area contributed by atoms with E-state index in [1.165, 1.54) is 16.7 Å². The topological polar surface area (TPSA) is 9.23 Å². The number of rotatable bonds is 9. The van der Waals surface area contributed by atoms with E-state index in [1.54, 1.807) is 7.11 Å². The summed E-state index contributed by atoms with van der Waals surface area (Å²) >= 11 is 0. The Morgan fingerprint density at radius 3 is 1.46 bits per heavy atom. The smallest absolute Gasteiger partial charge is 0.0462 e. The second-order valence-corrected chi connectivity index (χ2v) is 8.01. The highest BCUT2D eigenvalue weighted by Crippen LogP contribution is 2.51. The van der Waals surface area contributed by atoms with Gasteiger partial charge in [0.25, 0.3) is 0 Å². The summed E-state index contributed by atoms with van der Waals surface area (Å²) in [5.41, 5.74) is 3.91. The molecule has 0 bridgehead atoms. The molecular weight excluding hydrogens is 340 g/mol. The average molecular weight is 373 g/mol. The van der Waals surface area contributed by atoms with Crippen molar-refractivity contribution in [1.82, 2.24) is 0 Å². The molecule has 0 aliphatic carbocycles. The van der Waals surface area contributed by atoms with E-state index in [-0.39, 0.29) is 10.8 Å². The SMILES string of the molecule is COCCCC[C@](C)(c1ccccc1)C(C)(c1ccccc1)c1ccccc1. The molecule has 0 spiro atoms. The van der Waals surface area contributed by atoms with E-state index < -0.39 is 0 Å². The largest absolute Gasteiger partial charge is 0.385 e. The molecular formula is C27H32O. The third-order valence-electron chi connectivity index (χ3n) is 6.49. The first-order valence-electron chi connectivity index (χ1n) is 10.3. The van der Waals surface area contributed by atoms with Gasteiger partial charge in [0.05, 0.1) is 0 Å². The van der Waals surface area contributed by atoms with Crippen LogP contribution in [0.25, 0.3) is 0 Å². The number of unbranched alkanes of at least 4 members (excludes halogenated alkanes) is 1. The minimum absolute atomic E-state index is 0.0509. The highest BCUT2D eigenvalue weighted by molar-refractivity contribution is 5.47. The van der Waals surface area contributed by atoms with Crippen LogP contribution in [-0.4, -0.2) is 13.7 Å². The average Bonchev–Trinajstić information content (AvgIpc) is 2.77. The van der Waals surface area contributed by atoms with E-state index in [2.05, 4.69) is 105 Å². The molecule has 1 heteroatoms. The number of hydrogen-bond donors (Lipinski definition) is 0. The predicted molar refractivity (Wildman–Crippen MR) is 119 cm³/mol. The number of methoxy groups -OCH3 is 1. The van der Waals surface area contributed by atoms with Crippen molar-refractivity contribution in [2.45, 2.75) is 43.9 Å². The van der Waals surface area contributed by atoms with Crippen LogP contribution >= 0.6 is 0 Å². The lowest BCUT2D eigenvalue weighted by atomic mass is 9.54. The lowest BCUT2D eigenvalue weighted by molar-refractivity contribution is 0.184. The summed E-state index contributed by atoms with van der Waals surface area (Å²) in [6, 6.07) is 33.0. The van der Waals surface area contributed by atoms with Crippen molar-refractivity contribution in [3.63, 3.8) is 0 Å². The van der Waals surface area contributed by atoms with Gasteiger partial charge in [-0.3, -0.25) is 0 Å². The van der Waals surface area contributed by atoms with Crippen LogP contribution in [0.5, 0.6) is 0 Å². The standard InChI is InChI=1S/C27H32O/c1-26(21-13-14-22-28-3,23-15-7-4-8-16-23)27(2,24-17-9-5-10-18-24)25-19-11-6-12-20-25/h4-12,15-20H,13-14,21-22H2,1-3H3/t26-/m1/s1. The minimum atomic E-state index is -0.149. The molecule has 0 radical (unpaired) electrons. The van der Waals surface area contributed by atoms with Crippen LogP contribution in [0, 0.1) is 0 Å². The zero-order valence-corrected chi connectivity index (χ0v) is 17.4. The highest BCUT2D eigenvalue weighted by Gasteiger charge is 2.47. The Labute approximate surface area is 170 Å². The molecule has 0 saturated heterocycles. The quantitative estimate of drug-likeness (QED) is 0.377. The molecule has 0 heterocycles. The zero-order valence-electron chi connectivity index (χ0n) is 17.4. The molecule has 1 atom stereocenters. The van der Waals surface area contributed by atoms with Crippen molar-refractivity contribution in [2.75, 3.05) is 13.7 Å². The van der Waals surface area contributed by atoms with Gasteiger partial charge >= 0.3 is 0 Å². The van der Waals surface area contributed by atoms with Gasteiger partial charge in [-0.05, 0) is 29.5 Å². The highest BCUT2D eigenvalue weighted by atomic mass is 16.5. The summed E-state index contributed by atoms with van der Waals surface area (Å²) in [4.78, 5) is 0. The Kier molecular flexibility index (Phi) is 6.70. The van der Waals surface area contributed by atoms with Crippen molar-refractivity contribution >= 4 is 0 Å². The van der Waals surface area contributed by atoms with Crippen LogP contribution in [0.4, 0.5) is 0 Å². The number of ether oxygens (including phenoxy) is 1. The molecule has 1 nitrogen and oxygen atoms in total. The Hall–Kier alpha value is -2.38. The van der Waals surface area contributed by atoms with Crippen molar-refractivity contribution < 1.29 is 4.74 Å². The van der Waals surface area contributed by atoms with Gasteiger partial charge in [-0.25, -0.2) is 0 Å². The van der Waals surface area contributed by atoms with Gasteiger partial charge in [0.15, 0.2) is 0 Å². The van der Waals surface area contributed by atoms with Gasteiger partial charge in [-0.2, -0.15) is 0 Å². The molecule has 0 N–H and O–H groups in total. The van der Waals surface area contributed by atoms with E-state index in [1.807, 2.05) is 0 Å². The van der Waals surface area contributed by atoms with Gasteiger partial charge in [0.2, 0.25) is 0 Å². The first-order valence-corrected chi connectivity index (χ1v) is 10.3. The Bertz CT molecular complexity index is 786. The molecule has 0 aliphatic heterocycles. The molecule has 3 rings (SSSR count). The maximum Gasteiger partial charge on any atom is 0.0462 e. The lowest BCUT2D eigenvalue weighted by Gasteiger charge is -2.48. The van der Waals surface area contributed by atoms with Gasteiger partial charge in [-0.1, -0.05) is 111 Å². The third-order valence-corrected chi connectivity index (χ3v) is 6.49. The summed E-state index contributed by atoms with van der Waals surface area (Å²) in [5, 5.41) is 0. The molecule has 146 valence electrons. The van der Waals surface area contributed by atoms with E-state index in [0.717, 1.165) is 25.9 Å². The summed E-state index contributed by atoms with van der Waals surface area (Å²) in [6.07, 6.45) is 3.31. The summed E-state index contributed by atoms with van der Waals surface area (Å²) in [5.74, 6) is 0. The molecule has 0 unspecified atom stereocenters. The molecule has 0 fully saturated rings. The molecule has 0 amide bonds. The van der Waals surface area contributed by atoms with Gasteiger partial charge in [0.1, 0.15) is 0 Å². The molecule has 0 aliphatic rings. The Morgan fingerprint density at radius 1 is 0.607 bits per heavy atom. The fraction of sp³-hybridized carbons (Fsp3) is 0.333. The Balaban J connectivity index is 2.17. The second-order valence-electron chi connectivity index (χ2n) is 8.01. The third kappa shape index (κ3) is 3.91. The van der Waals surface area contributed by atoms with Crippen molar-refractivity contribution in [2.24, 2.45) is 0 Å². The van der Waals surface area contributed by atoms with Crippen LogP contribution in [0.3, 0.4) is 0 Å². The van der Waals surface area contributed by atoms with Crippen LogP contribution in [0.15, 0.2) is 91.0 Å². The summed E-state index contributed by atoms with van der Waals surface area (Å²) in [7, 11) is 1.79. The van der Waals surface area contributed by atoms with Crippen LogP contribution in [0.1, 0.15) is 49.8 Å². The first kappa shape index (κ1) is 20.4. The lowest BCUT2D eigenvalue weighted by Crippen LogP contribution is -2.46. The van der Waals surface area contributed by atoms with Gasteiger partial charge in [-0.15, -0.1) is 0 Å². The number of hydrogen-bond acceptors (Lipinski definition) is 1. The fourth-order valence-corrected chi connectivity index (χ4v) is 4.56. The molecule has 3 aromatic carbocycles. The second kappa shape index (κ2) is 9.21. The summed E-state index contributed by atoms with van der Waals surface area (Å²) in [6.45, 7) is 5.67. The molecule has 3 aromatic rings. The van der Waals surface area contributed by atoms with Gasteiger partial charge < -0.3 is 4.74 Å². The zero-order chi connectivity index (χ0) is 19.9. The molecule has 28 heavy (non-hydrogen) atoms. The van der Waals surface area contributed by atoms with E-state index in [4.69, 9.17) is 4.74 Å². The maximum absolute atomic E-state index is 5.32. The fourth-order valence-electron chi connectivity index (χ4n) is 4.56. The number of benzene rings is 3. The van der Waals surface area contributed by atoms with Crippen LogP contribution in [0.2, 0.25) is 0 Å². The summed E-state index contributed by atoms with van der Waals surface area (Å²) < 4.78 is 5.32. The van der Waals surface area contributed by atoms with Crippen molar-refractivity contribution in [3.8, 4) is 0 Å². The van der Waals surface area contributed by atoms with E-state index in [9.17, 15) is 0 Å². The van der Waals surface area contributed by atoms with Crippen LogP contribution < -0.4 is 0 Å². The molecule has 0 saturated carbocycles. The normalized spacial score (nSPS) is 13.8. The van der Waals surface area contributed by atoms with E-state index >= 15 is 0 Å².